The SMILES string of the molecule is C\C=C(/N=C\C(=C/C)C(F)(F)F)NC[C@@H]1C(C)CC(F)(F)CN1C(=O)C(=N)/C(=C\NC)c1cccc(F)c1. The highest BCUT2D eigenvalue weighted by atomic mass is 19.4. The Labute approximate surface area is 217 Å². The van der Waals surface area contributed by atoms with Crippen LogP contribution in [0, 0.1) is 17.1 Å². The fraction of sp³-hybridized carbons (Fsp3) is 0.423. The van der Waals surface area contributed by atoms with E-state index in [1.165, 1.54) is 58.3 Å². The van der Waals surface area contributed by atoms with Gasteiger partial charge in [-0.2, -0.15) is 13.2 Å². The predicted octanol–water partition coefficient (Wildman–Crippen LogP) is 5.31. The van der Waals surface area contributed by atoms with E-state index >= 15 is 0 Å². The molecule has 3 N–H and O–H groups in total. The molecule has 0 radical (unpaired) electrons. The first-order valence-corrected chi connectivity index (χ1v) is 11.8. The van der Waals surface area contributed by atoms with Gasteiger partial charge >= 0.3 is 6.18 Å². The number of piperidine rings is 1. The van der Waals surface area contributed by atoms with Gasteiger partial charge in [0.15, 0.2) is 0 Å². The Kier molecular flexibility index (Phi) is 10.3. The number of benzene rings is 1. The average molecular weight is 544 g/mol. The van der Waals surface area contributed by atoms with Crippen LogP contribution in [0.4, 0.5) is 26.3 Å². The second-order valence-corrected chi connectivity index (χ2v) is 8.82. The molecule has 1 aromatic rings. The Morgan fingerprint density at radius 2 is 1.95 bits per heavy atom. The van der Waals surface area contributed by atoms with Crippen molar-refractivity contribution in [3.05, 3.63) is 65.4 Å². The molecule has 1 unspecified atom stereocenters. The third kappa shape index (κ3) is 7.96. The minimum absolute atomic E-state index is 0.00929. The second kappa shape index (κ2) is 12.8. The summed E-state index contributed by atoms with van der Waals surface area (Å²) in [6.07, 6.45) is -0.889. The van der Waals surface area contributed by atoms with Crippen LogP contribution in [0.15, 0.2) is 59.0 Å². The molecule has 0 saturated carbocycles. The lowest BCUT2D eigenvalue weighted by atomic mass is 9.87. The molecule has 1 heterocycles. The summed E-state index contributed by atoms with van der Waals surface area (Å²) in [5.74, 6) is -5.48. The lowest BCUT2D eigenvalue weighted by Crippen LogP contribution is -2.59. The van der Waals surface area contributed by atoms with Crippen molar-refractivity contribution >= 4 is 23.4 Å². The van der Waals surface area contributed by atoms with Crippen LogP contribution in [0.25, 0.3) is 5.57 Å². The summed E-state index contributed by atoms with van der Waals surface area (Å²) in [4.78, 5) is 18.1. The van der Waals surface area contributed by atoms with Gasteiger partial charge in [-0.3, -0.25) is 10.2 Å². The Morgan fingerprint density at radius 1 is 1.26 bits per heavy atom. The van der Waals surface area contributed by atoms with Crippen molar-refractivity contribution in [3.63, 3.8) is 0 Å². The number of likely N-dealkylation sites (tertiary alicyclic amines) is 1. The first kappa shape index (κ1) is 30.7. The van der Waals surface area contributed by atoms with E-state index in [0.29, 0.717) is 6.21 Å². The van der Waals surface area contributed by atoms with E-state index in [4.69, 9.17) is 5.41 Å². The number of hydrogen-bond acceptors (Lipinski definition) is 5. The Morgan fingerprint density at radius 3 is 2.50 bits per heavy atom. The summed E-state index contributed by atoms with van der Waals surface area (Å²) in [5, 5.41) is 14.0. The zero-order chi connectivity index (χ0) is 28.7. The van der Waals surface area contributed by atoms with Crippen LogP contribution < -0.4 is 10.6 Å². The maximum Gasteiger partial charge on any atom is 0.417 e. The smallest absolute Gasteiger partial charge is 0.393 e. The van der Waals surface area contributed by atoms with E-state index in [1.807, 2.05) is 0 Å². The van der Waals surface area contributed by atoms with Gasteiger partial charge in [-0.05, 0) is 43.5 Å². The van der Waals surface area contributed by atoms with Gasteiger partial charge in [0.25, 0.3) is 11.8 Å². The van der Waals surface area contributed by atoms with Crippen molar-refractivity contribution in [1.82, 2.24) is 15.5 Å². The standard InChI is InChI=1S/C26H31F6N5O/c1-5-18(26(30,31)32)12-35-22(6-2)36-14-21-16(3)11-25(28,29)15-37(21)24(38)23(33)20(13-34-4)17-8-7-9-19(27)10-17/h5-10,12-13,16,21,33-34,36H,11,14-15H2,1-4H3/b18-5+,20-13-,22-6+,33-23?,35-12-/t16?,21-/m1/s1. The number of rotatable bonds is 9. The van der Waals surface area contributed by atoms with Gasteiger partial charge in [0, 0.05) is 38.0 Å². The molecular formula is C26H31F6N5O. The van der Waals surface area contributed by atoms with Gasteiger partial charge < -0.3 is 15.5 Å². The summed E-state index contributed by atoms with van der Waals surface area (Å²) in [5.41, 5.74) is -1.36. The van der Waals surface area contributed by atoms with Crippen LogP contribution in [-0.2, 0) is 4.79 Å². The summed E-state index contributed by atoms with van der Waals surface area (Å²) in [6, 6.07) is 4.35. The maximum atomic E-state index is 14.5. The zero-order valence-corrected chi connectivity index (χ0v) is 21.5. The molecule has 2 atom stereocenters. The number of aliphatic imine (C=N–C) groups is 1. The van der Waals surface area contributed by atoms with Crippen molar-refractivity contribution in [1.29, 1.82) is 5.41 Å². The largest absolute Gasteiger partial charge is 0.417 e. The quantitative estimate of drug-likeness (QED) is 0.292. The third-order valence-corrected chi connectivity index (χ3v) is 5.99. The van der Waals surface area contributed by atoms with E-state index in [2.05, 4.69) is 15.6 Å². The summed E-state index contributed by atoms with van der Waals surface area (Å²) in [6.45, 7) is 3.23. The van der Waals surface area contributed by atoms with Crippen LogP contribution in [0.3, 0.4) is 0 Å². The summed E-state index contributed by atoms with van der Waals surface area (Å²) in [7, 11) is 1.51. The first-order chi connectivity index (χ1) is 17.7. The molecule has 6 nitrogen and oxygen atoms in total. The highest BCUT2D eigenvalue weighted by molar-refractivity contribution is 6.54. The van der Waals surface area contributed by atoms with Crippen LogP contribution in [-0.4, -0.2) is 61.0 Å². The molecule has 1 saturated heterocycles. The van der Waals surface area contributed by atoms with Crippen molar-refractivity contribution < 1.29 is 31.1 Å². The Hall–Kier alpha value is -3.57. The predicted molar refractivity (Wildman–Crippen MR) is 135 cm³/mol. The number of carbonyl (C=O) groups excluding carboxylic acids is 1. The summed E-state index contributed by atoms with van der Waals surface area (Å²) >= 11 is 0. The lowest BCUT2D eigenvalue weighted by Gasteiger charge is -2.43. The molecule has 208 valence electrons. The lowest BCUT2D eigenvalue weighted by molar-refractivity contribution is -0.145. The monoisotopic (exact) mass is 543 g/mol. The number of carbonyl (C=O) groups is 1. The topological polar surface area (TPSA) is 80.6 Å². The van der Waals surface area contributed by atoms with E-state index in [0.717, 1.165) is 17.0 Å². The van der Waals surface area contributed by atoms with E-state index in [1.54, 1.807) is 0 Å². The molecule has 0 aromatic heterocycles. The van der Waals surface area contributed by atoms with Gasteiger partial charge in [-0.25, -0.2) is 18.2 Å². The minimum Gasteiger partial charge on any atom is -0.393 e. The molecule has 1 aromatic carbocycles. The van der Waals surface area contributed by atoms with Crippen molar-refractivity contribution in [2.24, 2.45) is 10.9 Å². The van der Waals surface area contributed by atoms with Gasteiger partial charge in [-0.1, -0.05) is 25.1 Å². The molecule has 0 spiro atoms. The molecule has 0 aliphatic carbocycles. The number of nitrogens with one attached hydrogen (secondary N) is 3. The molecule has 12 heteroatoms. The number of hydrogen-bond donors (Lipinski definition) is 3. The average Bonchev–Trinajstić information content (AvgIpc) is 2.83. The molecule has 1 aliphatic rings. The van der Waals surface area contributed by atoms with Crippen molar-refractivity contribution in [2.45, 2.75) is 45.3 Å². The van der Waals surface area contributed by atoms with E-state index in [9.17, 15) is 31.1 Å². The van der Waals surface area contributed by atoms with Gasteiger partial charge in [0.2, 0.25) is 0 Å². The van der Waals surface area contributed by atoms with Gasteiger partial charge in [-0.15, -0.1) is 0 Å². The number of amides is 1. The van der Waals surface area contributed by atoms with E-state index < -0.39 is 60.0 Å². The van der Waals surface area contributed by atoms with E-state index in [-0.39, 0.29) is 23.5 Å². The number of nitrogens with zero attached hydrogens (tertiary/aromatic N) is 2. The van der Waals surface area contributed by atoms with Crippen molar-refractivity contribution in [3.8, 4) is 0 Å². The number of allylic oxidation sites excluding steroid dienone is 3. The molecule has 1 amide bonds. The van der Waals surface area contributed by atoms with Gasteiger partial charge in [0.05, 0.1) is 18.2 Å². The number of halogens is 6. The third-order valence-electron chi connectivity index (χ3n) is 5.99. The fourth-order valence-electron chi connectivity index (χ4n) is 4.12. The molecule has 38 heavy (non-hydrogen) atoms. The minimum atomic E-state index is -4.59. The molecule has 0 bridgehead atoms. The maximum absolute atomic E-state index is 14.5. The van der Waals surface area contributed by atoms with Crippen LogP contribution in [0.5, 0.6) is 0 Å². The molecule has 2 rings (SSSR count). The van der Waals surface area contributed by atoms with Crippen molar-refractivity contribution in [2.75, 3.05) is 20.1 Å². The van der Waals surface area contributed by atoms with Crippen LogP contribution in [0.1, 0.15) is 32.8 Å². The van der Waals surface area contributed by atoms with Gasteiger partial charge in [0.1, 0.15) is 17.3 Å². The highest BCUT2D eigenvalue weighted by Crippen LogP contribution is 2.35. The highest BCUT2D eigenvalue weighted by Gasteiger charge is 2.46. The summed E-state index contributed by atoms with van der Waals surface area (Å²) < 4.78 is 81.9. The molecule has 1 fully saturated rings. The van der Waals surface area contributed by atoms with Crippen LogP contribution >= 0.6 is 0 Å². The second-order valence-electron chi connectivity index (χ2n) is 8.82. The Balaban J connectivity index is 2.32. The zero-order valence-electron chi connectivity index (χ0n) is 21.5. The fourth-order valence-corrected chi connectivity index (χ4v) is 4.12. The first-order valence-electron chi connectivity index (χ1n) is 11.8. The Bertz CT molecular complexity index is 1140. The number of alkyl halides is 5. The molecular weight excluding hydrogens is 512 g/mol. The molecule has 1 aliphatic heterocycles. The normalized spacial score (nSPS) is 21.0. The van der Waals surface area contributed by atoms with Crippen LogP contribution in [0.2, 0.25) is 0 Å².